The normalized spacial score (nSPS) is 10.9. The highest BCUT2D eigenvalue weighted by Gasteiger charge is 2.17. The molecule has 11 heteroatoms. The molecule has 0 bridgehead atoms. The fourth-order valence-electron chi connectivity index (χ4n) is 2.01. The Bertz CT molecular complexity index is 913. The van der Waals surface area contributed by atoms with Crippen LogP contribution in [0, 0.1) is 0 Å². The summed E-state index contributed by atoms with van der Waals surface area (Å²) < 4.78 is 1.58. The second kappa shape index (κ2) is 5.71. The first-order valence-corrected chi connectivity index (χ1v) is 6.20. The van der Waals surface area contributed by atoms with Crippen LogP contribution < -0.4 is 16.9 Å². The molecule has 118 valence electrons. The Kier molecular flexibility index (Phi) is 3.97. The Morgan fingerprint density at radius 2 is 1.45 bits per heavy atom. The van der Waals surface area contributed by atoms with Gasteiger partial charge in [0.05, 0.1) is 12.8 Å². The van der Waals surface area contributed by atoms with Crippen LogP contribution in [0.1, 0.15) is 12.8 Å². The van der Waals surface area contributed by atoms with Gasteiger partial charge in [-0.1, -0.05) is 0 Å². The molecule has 0 saturated heterocycles. The summed E-state index contributed by atoms with van der Waals surface area (Å²) in [5.74, 6) is -2.37. The summed E-state index contributed by atoms with van der Waals surface area (Å²) in [6.45, 7) is -0.658. The van der Waals surface area contributed by atoms with Crippen molar-refractivity contribution in [1.82, 2.24) is 19.1 Å². The highest BCUT2D eigenvalue weighted by Crippen LogP contribution is 2.01. The fourth-order valence-corrected chi connectivity index (χ4v) is 2.01. The molecule has 0 atom stereocenters. The summed E-state index contributed by atoms with van der Waals surface area (Å²) >= 11 is 0. The number of rotatable bonds is 6. The lowest BCUT2D eigenvalue weighted by Crippen LogP contribution is -2.40. The number of aromatic amines is 2. The van der Waals surface area contributed by atoms with Gasteiger partial charge in [0.1, 0.15) is 5.65 Å². The van der Waals surface area contributed by atoms with Crippen LogP contribution >= 0.6 is 0 Å². The number of aliphatic carboxylic acids is 2. The molecule has 0 aliphatic heterocycles. The first kappa shape index (κ1) is 15.3. The molecule has 0 aromatic carbocycles. The highest BCUT2D eigenvalue weighted by molar-refractivity contribution is 5.70. The molecule has 2 heterocycles. The molecular weight excluding hydrogens is 300 g/mol. The molecular formula is C11H12N4O7. The van der Waals surface area contributed by atoms with Crippen LogP contribution in [-0.4, -0.2) is 41.3 Å². The summed E-state index contributed by atoms with van der Waals surface area (Å²) in [4.78, 5) is 61.4. The van der Waals surface area contributed by atoms with E-state index in [1.165, 1.54) is 0 Å². The number of aryl methyl sites for hydroxylation is 1. The Morgan fingerprint density at radius 1 is 0.909 bits per heavy atom. The van der Waals surface area contributed by atoms with Crippen molar-refractivity contribution in [3.63, 3.8) is 0 Å². The zero-order chi connectivity index (χ0) is 16.4. The van der Waals surface area contributed by atoms with Gasteiger partial charge in [0.15, 0.2) is 5.52 Å². The van der Waals surface area contributed by atoms with Gasteiger partial charge in [0, 0.05) is 13.1 Å². The molecule has 2 rings (SSSR count). The van der Waals surface area contributed by atoms with Gasteiger partial charge in [0.2, 0.25) is 0 Å². The largest absolute Gasteiger partial charge is 0.481 e. The van der Waals surface area contributed by atoms with Crippen molar-refractivity contribution in [3.05, 3.63) is 31.3 Å². The number of nitrogens with one attached hydrogen (secondary N) is 2. The monoisotopic (exact) mass is 312 g/mol. The van der Waals surface area contributed by atoms with Crippen LogP contribution in [0.4, 0.5) is 0 Å². The van der Waals surface area contributed by atoms with Gasteiger partial charge in [-0.15, -0.1) is 0 Å². The molecule has 2 aromatic rings. The molecule has 0 amide bonds. The number of aromatic nitrogens is 4. The van der Waals surface area contributed by atoms with E-state index in [1.54, 1.807) is 0 Å². The average Bonchev–Trinajstić information content (AvgIpc) is 2.79. The van der Waals surface area contributed by atoms with Gasteiger partial charge in [0.25, 0.3) is 5.56 Å². The summed E-state index contributed by atoms with van der Waals surface area (Å²) in [5, 5.41) is 17.4. The minimum atomic E-state index is -1.20. The predicted molar refractivity (Wildman–Crippen MR) is 71.9 cm³/mol. The number of carbonyl (C=O) groups is 2. The molecule has 0 aliphatic carbocycles. The topological polar surface area (TPSA) is 167 Å². The number of hydrogen-bond donors (Lipinski definition) is 4. The van der Waals surface area contributed by atoms with E-state index in [9.17, 15) is 24.0 Å². The van der Waals surface area contributed by atoms with Gasteiger partial charge in [-0.2, -0.15) is 0 Å². The van der Waals surface area contributed by atoms with E-state index in [1.807, 2.05) is 0 Å². The second-order valence-electron chi connectivity index (χ2n) is 4.48. The first-order valence-electron chi connectivity index (χ1n) is 6.20. The molecule has 11 nitrogen and oxygen atoms in total. The summed E-state index contributed by atoms with van der Waals surface area (Å²) in [6, 6.07) is 0. The van der Waals surface area contributed by atoms with Crippen molar-refractivity contribution in [2.45, 2.75) is 25.9 Å². The molecule has 4 N–H and O–H groups in total. The quantitative estimate of drug-likeness (QED) is 0.484. The summed E-state index contributed by atoms with van der Waals surface area (Å²) in [6.07, 6.45) is -0.867. The van der Waals surface area contributed by atoms with Crippen LogP contribution in [0.5, 0.6) is 0 Å². The maximum Gasteiger partial charge on any atom is 0.332 e. The van der Waals surface area contributed by atoms with E-state index in [0.29, 0.717) is 4.57 Å². The lowest BCUT2D eigenvalue weighted by atomic mass is 10.4. The van der Waals surface area contributed by atoms with Crippen molar-refractivity contribution in [2.75, 3.05) is 0 Å². The number of hydrogen-bond acceptors (Lipinski definition) is 5. The van der Waals surface area contributed by atoms with Crippen LogP contribution in [0.15, 0.2) is 14.4 Å². The van der Waals surface area contributed by atoms with E-state index in [0.717, 1.165) is 4.57 Å². The summed E-state index contributed by atoms with van der Waals surface area (Å²) in [7, 11) is 0. The van der Waals surface area contributed by atoms with Crippen LogP contribution in [0.2, 0.25) is 0 Å². The van der Waals surface area contributed by atoms with Crippen molar-refractivity contribution < 1.29 is 19.8 Å². The predicted octanol–water partition coefficient (Wildman–Crippen LogP) is -1.87. The number of nitrogens with zero attached hydrogens (tertiary/aromatic N) is 2. The molecule has 0 saturated carbocycles. The number of fused-ring (bicyclic) bond motifs is 1. The number of carboxylic acids is 2. The van der Waals surface area contributed by atoms with Gasteiger partial charge in [-0.05, 0) is 0 Å². The van der Waals surface area contributed by atoms with E-state index in [4.69, 9.17) is 10.2 Å². The number of H-pyrrole nitrogens is 2. The molecule has 2 aromatic heterocycles. The van der Waals surface area contributed by atoms with E-state index in [-0.39, 0.29) is 24.3 Å². The summed E-state index contributed by atoms with van der Waals surface area (Å²) in [5.41, 5.74) is -2.78. The fraction of sp³-hybridized carbons (Fsp3) is 0.364. The zero-order valence-electron chi connectivity index (χ0n) is 11.2. The Morgan fingerprint density at radius 3 is 2.00 bits per heavy atom. The van der Waals surface area contributed by atoms with Gasteiger partial charge >= 0.3 is 23.3 Å². The van der Waals surface area contributed by atoms with Crippen molar-refractivity contribution in [3.8, 4) is 0 Å². The molecule has 0 radical (unpaired) electrons. The SMILES string of the molecule is O=C(O)CCn1c(=O)c2[nH]c(=O)[nH]c2n(CCC(=O)O)c1=O. The van der Waals surface area contributed by atoms with E-state index >= 15 is 0 Å². The average molecular weight is 312 g/mol. The second-order valence-corrected chi connectivity index (χ2v) is 4.48. The van der Waals surface area contributed by atoms with Gasteiger partial charge in [-0.3, -0.25) is 33.5 Å². The first-order chi connectivity index (χ1) is 10.3. The van der Waals surface area contributed by atoms with Crippen LogP contribution in [0.3, 0.4) is 0 Å². The molecule has 0 fully saturated rings. The van der Waals surface area contributed by atoms with Gasteiger partial charge < -0.3 is 10.2 Å². The maximum absolute atomic E-state index is 12.2. The maximum atomic E-state index is 12.2. The lowest BCUT2D eigenvalue weighted by Gasteiger charge is -2.09. The van der Waals surface area contributed by atoms with E-state index in [2.05, 4.69) is 9.97 Å². The standard InChI is InChI=1S/C11H12N4O7/c16-5(17)1-3-14-8-7(12-10(21)13-8)9(20)15(11(14)22)4-2-6(18)19/h1-4H2,(H,16,17)(H,18,19)(H2,12,13,21). The Balaban J connectivity index is 2.67. The molecule has 0 unspecified atom stereocenters. The van der Waals surface area contributed by atoms with Crippen molar-refractivity contribution >= 4 is 23.1 Å². The smallest absolute Gasteiger partial charge is 0.332 e. The highest BCUT2D eigenvalue weighted by atomic mass is 16.4. The minimum absolute atomic E-state index is 0.118. The number of imidazole rings is 1. The zero-order valence-corrected chi connectivity index (χ0v) is 11.2. The third kappa shape index (κ3) is 2.82. The van der Waals surface area contributed by atoms with Crippen molar-refractivity contribution in [1.29, 1.82) is 0 Å². The molecule has 0 aliphatic rings. The molecule has 22 heavy (non-hydrogen) atoms. The number of carboxylic acid groups (broad SMARTS) is 2. The van der Waals surface area contributed by atoms with Crippen LogP contribution in [0.25, 0.3) is 11.2 Å². The third-order valence-electron chi connectivity index (χ3n) is 3.00. The van der Waals surface area contributed by atoms with E-state index < -0.39 is 41.7 Å². The third-order valence-corrected chi connectivity index (χ3v) is 3.00. The van der Waals surface area contributed by atoms with Gasteiger partial charge in [-0.25, -0.2) is 9.59 Å². The lowest BCUT2D eigenvalue weighted by molar-refractivity contribution is -0.138. The van der Waals surface area contributed by atoms with Crippen LogP contribution in [-0.2, 0) is 22.7 Å². The minimum Gasteiger partial charge on any atom is -0.481 e. The Hall–Kier alpha value is -3.11. The van der Waals surface area contributed by atoms with Crippen molar-refractivity contribution in [2.24, 2.45) is 0 Å². The molecule has 0 spiro atoms. The Labute approximate surface area is 120 Å².